The fourth-order valence-electron chi connectivity index (χ4n) is 1.95. The van der Waals surface area contributed by atoms with Crippen LogP contribution in [0.3, 0.4) is 0 Å². The van der Waals surface area contributed by atoms with Crippen molar-refractivity contribution < 1.29 is 4.79 Å². The number of aryl methyl sites for hydroxylation is 2. The molecule has 1 heterocycles. The van der Waals surface area contributed by atoms with E-state index in [0.29, 0.717) is 0 Å². The van der Waals surface area contributed by atoms with Gasteiger partial charge in [0.25, 0.3) is 0 Å². The summed E-state index contributed by atoms with van der Waals surface area (Å²) in [6.45, 7) is 6.65. The first-order valence-electron chi connectivity index (χ1n) is 5.24. The second-order valence-electron chi connectivity index (χ2n) is 3.91. The number of benzene rings is 1. The van der Waals surface area contributed by atoms with Crippen molar-refractivity contribution in [1.82, 2.24) is 4.57 Å². The van der Waals surface area contributed by atoms with Crippen molar-refractivity contribution in [2.75, 3.05) is 0 Å². The Morgan fingerprint density at radius 1 is 1.40 bits per heavy atom. The number of nitrogens with zero attached hydrogens (tertiary/aromatic N) is 1. The quantitative estimate of drug-likeness (QED) is 0.684. The molecule has 1 aromatic heterocycles. The largest absolute Gasteiger partial charge is 0.347 e. The van der Waals surface area contributed by atoms with Gasteiger partial charge in [-0.05, 0) is 32.9 Å². The highest BCUT2D eigenvalue weighted by Gasteiger charge is 2.10. The molecular weight excluding hydrogens is 186 g/mol. The van der Waals surface area contributed by atoms with Crippen LogP contribution in [0, 0.1) is 6.92 Å². The Balaban J connectivity index is 2.81. The molecule has 0 saturated carbocycles. The standard InChI is InChI=1S/C13H15NO/c1-4-14-8-12(10(3)15)11-7-9(2)5-6-13(11)14/h5-8H,4H2,1-3H3. The Morgan fingerprint density at radius 3 is 2.73 bits per heavy atom. The van der Waals surface area contributed by atoms with Crippen LogP contribution in [0.1, 0.15) is 29.8 Å². The molecule has 2 rings (SSSR count). The van der Waals surface area contributed by atoms with Crippen LogP contribution in [-0.2, 0) is 6.54 Å². The van der Waals surface area contributed by atoms with Gasteiger partial charge in [0.2, 0.25) is 0 Å². The zero-order valence-corrected chi connectivity index (χ0v) is 9.37. The van der Waals surface area contributed by atoms with Gasteiger partial charge in [-0.15, -0.1) is 0 Å². The number of carbonyl (C=O) groups is 1. The Morgan fingerprint density at radius 2 is 2.13 bits per heavy atom. The van der Waals surface area contributed by atoms with Gasteiger partial charge in [0.1, 0.15) is 0 Å². The lowest BCUT2D eigenvalue weighted by Crippen LogP contribution is -1.91. The first-order chi connectivity index (χ1) is 7.13. The van der Waals surface area contributed by atoms with Gasteiger partial charge in [0, 0.05) is 29.2 Å². The minimum atomic E-state index is 0.137. The summed E-state index contributed by atoms with van der Waals surface area (Å²) in [5, 5.41) is 1.07. The van der Waals surface area contributed by atoms with Gasteiger partial charge in [0.05, 0.1) is 0 Å². The Hall–Kier alpha value is -1.57. The maximum atomic E-state index is 11.5. The van der Waals surface area contributed by atoms with Crippen LogP contribution in [-0.4, -0.2) is 10.4 Å². The molecule has 0 aliphatic rings. The highest BCUT2D eigenvalue weighted by molar-refractivity contribution is 6.07. The molecule has 0 bridgehead atoms. The highest BCUT2D eigenvalue weighted by Crippen LogP contribution is 2.23. The molecule has 0 amide bonds. The number of hydrogen-bond donors (Lipinski definition) is 0. The third-order valence-electron chi connectivity index (χ3n) is 2.76. The number of rotatable bonds is 2. The summed E-state index contributed by atoms with van der Waals surface area (Å²) < 4.78 is 2.12. The van der Waals surface area contributed by atoms with E-state index in [-0.39, 0.29) is 5.78 Å². The summed E-state index contributed by atoms with van der Waals surface area (Å²) in [5.74, 6) is 0.137. The Labute approximate surface area is 89.5 Å². The van der Waals surface area contributed by atoms with Crippen LogP contribution in [0.5, 0.6) is 0 Å². The van der Waals surface area contributed by atoms with E-state index in [1.165, 1.54) is 5.56 Å². The SMILES string of the molecule is CCn1cc(C(C)=O)c2cc(C)ccc21. The van der Waals surface area contributed by atoms with Crippen LogP contribution < -0.4 is 0 Å². The molecule has 15 heavy (non-hydrogen) atoms. The zero-order chi connectivity index (χ0) is 11.0. The van der Waals surface area contributed by atoms with E-state index in [1.54, 1.807) is 6.92 Å². The van der Waals surface area contributed by atoms with E-state index >= 15 is 0 Å². The summed E-state index contributed by atoms with van der Waals surface area (Å²) in [6, 6.07) is 6.25. The van der Waals surface area contributed by atoms with Crippen molar-refractivity contribution in [3.8, 4) is 0 Å². The lowest BCUT2D eigenvalue weighted by atomic mass is 10.1. The van der Waals surface area contributed by atoms with Crippen molar-refractivity contribution in [2.24, 2.45) is 0 Å². The van der Waals surface area contributed by atoms with Gasteiger partial charge in [-0.25, -0.2) is 0 Å². The fourth-order valence-corrected chi connectivity index (χ4v) is 1.95. The molecule has 0 saturated heterocycles. The van der Waals surface area contributed by atoms with Crippen LogP contribution in [0.2, 0.25) is 0 Å². The second kappa shape index (κ2) is 3.54. The minimum absolute atomic E-state index is 0.137. The van der Waals surface area contributed by atoms with Gasteiger partial charge in [0.15, 0.2) is 5.78 Å². The van der Waals surface area contributed by atoms with E-state index in [0.717, 1.165) is 23.0 Å². The predicted octanol–water partition coefficient (Wildman–Crippen LogP) is 3.17. The average Bonchev–Trinajstić information content (AvgIpc) is 2.55. The van der Waals surface area contributed by atoms with E-state index in [4.69, 9.17) is 0 Å². The van der Waals surface area contributed by atoms with Crippen molar-refractivity contribution in [3.05, 3.63) is 35.5 Å². The molecular formula is C13H15NO. The van der Waals surface area contributed by atoms with Crippen LogP contribution in [0.15, 0.2) is 24.4 Å². The molecule has 2 aromatic rings. The minimum Gasteiger partial charge on any atom is -0.347 e. The third kappa shape index (κ3) is 1.56. The summed E-state index contributed by atoms with van der Waals surface area (Å²) in [6.07, 6.45) is 1.95. The van der Waals surface area contributed by atoms with Crippen molar-refractivity contribution in [3.63, 3.8) is 0 Å². The van der Waals surface area contributed by atoms with E-state index in [1.807, 2.05) is 13.1 Å². The fraction of sp³-hybridized carbons (Fsp3) is 0.308. The highest BCUT2D eigenvalue weighted by atomic mass is 16.1. The molecule has 78 valence electrons. The maximum absolute atomic E-state index is 11.5. The summed E-state index contributed by atoms with van der Waals surface area (Å²) >= 11 is 0. The van der Waals surface area contributed by atoms with Crippen LogP contribution in [0.4, 0.5) is 0 Å². The summed E-state index contributed by atoms with van der Waals surface area (Å²) in [7, 11) is 0. The van der Waals surface area contributed by atoms with E-state index < -0.39 is 0 Å². The molecule has 2 heteroatoms. The topological polar surface area (TPSA) is 22.0 Å². The molecule has 0 atom stereocenters. The van der Waals surface area contributed by atoms with E-state index in [9.17, 15) is 4.79 Å². The molecule has 0 fully saturated rings. The predicted molar refractivity (Wildman–Crippen MR) is 62.4 cm³/mol. The first kappa shape index (κ1) is 9.97. The van der Waals surface area contributed by atoms with Gasteiger partial charge < -0.3 is 4.57 Å². The number of ketones is 1. The number of aromatic nitrogens is 1. The number of Topliss-reactive ketones (excluding diaryl/α,β-unsaturated/α-hetero) is 1. The molecule has 0 spiro atoms. The molecule has 1 aromatic carbocycles. The average molecular weight is 201 g/mol. The second-order valence-corrected chi connectivity index (χ2v) is 3.91. The Kier molecular flexibility index (Phi) is 2.35. The monoisotopic (exact) mass is 201 g/mol. The Bertz CT molecular complexity index is 523. The zero-order valence-electron chi connectivity index (χ0n) is 9.37. The normalized spacial score (nSPS) is 10.9. The van der Waals surface area contributed by atoms with Gasteiger partial charge in [-0.2, -0.15) is 0 Å². The third-order valence-corrected chi connectivity index (χ3v) is 2.76. The lowest BCUT2D eigenvalue weighted by Gasteiger charge is -2.00. The number of fused-ring (bicyclic) bond motifs is 1. The molecule has 0 radical (unpaired) electrons. The molecule has 0 unspecified atom stereocenters. The van der Waals surface area contributed by atoms with Crippen LogP contribution >= 0.6 is 0 Å². The molecule has 0 aliphatic heterocycles. The first-order valence-corrected chi connectivity index (χ1v) is 5.24. The van der Waals surface area contributed by atoms with Crippen molar-refractivity contribution >= 4 is 16.7 Å². The maximum Gasteiger partial charge on any atom is 0.161 e. The van der Waals surface area contributed by atoms with E-state index in [2.05, 4.69) is 29.7 Å². The summed E-state index contributed by atoms with van der Waals surface area (Å²) in [5.41, 5.74) is 3.17. The lowest BCUT2D eigenvalue weighted by molar-refractivity contribution is 0.101. The van der Waals surface area contributed by atoms with Crippen molar-refractivity contribution in [2.45, 2.75) is 27.3 Å². The van der Waals surface area contributed by atoms with Crippen LogP contribution in [0.25, 0.3) is 10.9 Å². The summed E-state index contributed by atoms with van der Waals surface area (Å²) in [4.78, 5) is 11.5. The smallest absolute Gasteiger partial charge is 0.161 e. The number of hydrogen-bond acceptors (Lipinski definition) is 1. The molecule has 2 nitrogen and oxygen atoms in total. The van der Waals surface area contributed by atoms with Gasteiger partial charge in [-0.3, -0.25) is 4.79 Å². The molecule has 0 N–H and O–H groups in total. The van der Waals surface area contributed by atoms with Gasteiger partial charge >= 0.3 is 0 Å². The van der Waals surface area contributed by atoms with Gasteiger partial charge in [-0.1, -0.05) is 11.6 Å². The molecule has 0 aliphatic carbocycles. The number of carbonyl (C=O) groups excluding carboxylic acids is 1. The van der Waals surface area contributed by atoms with Crippen molar-refractivity contribution in [1.29, 1.82) is 0 Å².